The number of unbranched alkanes of at least 4 members (excludes halogenated alkanes) is 2. The molecule has 0 spiro atoms. The zero-order valence-corrected chi connectivity index (χ0v) is 11.8. The molecule has 0 atom stereocenters. The SMILES string of the molecule is COCCCCCNc1nc(NN)nc2ccsc12. The third kappa shape index (κ3) is 3.76. The molecule has 0 saturated carbocycles. The summed E-state index contributed by atoms with van der Waals surface area (Å²) in [4.78, 5) is 8.64. The number of anilines is 2. The zero-order chi connectivity index (χ0) is 13.5. The number of thiophene rings is 1. The summed E-state index contributed by atoms with van der Waals surface area (Å²) in [6.45, 7) is 1.71. The molecule has 0 saturated heterocycles. The molecule has 0 unspecified atom stereocenters. The highest BCUT2D eigenvalue weighted by atomic mass is 32.1. The maximum Gasteiger partial charge on any atom is 0.239 e. The Bertz CT molecular complexity index is 516. The molecule has 4 N–H and O–H groups in total. The predicted molar refractivity (Wildman–Crippen MR) is 79.4 cm³/mol. The van der Waals surface area contributed by atoms with Crippen molar-refractivity contribution in [1.29, 1.82) is 0 Å². The number of aromatic nitrogens is 2. The first kappa shape index (κ1) is 14.0. The van der Waals surface area contributed by atoms with Crippen LogP contribution in [0.4, 0.5) is 11.8 Å². The number of ether oxygens (including phenoxy) is 1. The van der Waals surface area contributed by atoms with Crippen LogP contribution in [0.25, 0.3) is 10.2 Å². The molecule has 7 heteroatoms. The van der Waals surface area contributed by atoms with Crippen molar-refractivity contribution in [3.63, 3.8) is 0 Å². The van der Waals surface area contributed by atoms with E-state index < -0.39 is 0 Å². The molecule has 0 aliphatic rings. The van der Waals surface area contributed by atoms with E-state index in [2.05, 4.69) is 20.7 Å². The normalized spacial score (nSPS) is 10.8. The standard InChI is InChI=1S/C12H19N5OS/c1-18-7-4-2-3-6-14-11-10-9(5-8-19-10)15-12(16-11)17-13/h5,8H,2-4,6-7,13H2,1H3,(H2,14,15,16,17). The number of methoxy groups -OCH3 is 1. The second kappa shape index (κ2) is 7.22. The van der Waals surface area contributed by atoms with Crippen LogP contribution in [0.3, 0.4) is 0 Å². The van der Waals surface area contributed by atoms with Gasteiger partial charge < -0.3 is 10.1 Å². The monoisotopic (exact) mass is 281 g/mol. The number of hydrazine groups is 1. The van der Waals surface area contributed by atoms with E-state index in [-0.39, 0.29) is 0 Å². The van der Waals surface area contributed by atoms with Gasteiger partial charge in [-0.15, -0.1) is 11.3 Å². The lowest BCUT2D eigenvalue weighted by Crippen LogP contribution is -2.12. The lowest BCUT2D eigenvalue weighted by Gasteiger charge is -2.08. The molecule has 0 aliphatic heterocycles. The lowest BCUT2D eigenvalue weighted by atomic mass is 10.2. The van der Waals surface area contributed by atoms with E-state index >= 15 is 0 Å². The molecule has 2 aromatic heterocycles. The molecule has 0 aromatic carbocycles. The highest BCUT2D eigenvalue weighted by Gasteiger charge is 2.07. The Morgan fingerprint density at radius 2 is 2.21 bits per heavy atom. The van der Waals surface area contributed by atoms with Crippen LogP contribution in [0.5, 0.6) is 0 Å². The average molecular weight is 281 g/mol. The van der Waals surface area contributed by atoms with Crippen LogP contribution in [0, 0.1) is 0 Å². The van der Waals surface area contributed by atoms with Gasteiger partial charge in [0.2, 0.25) is 5.95 Å². The number of nitrogens with zero attached hydrogens (tertiary/aromatic N) is 2. The van der Waals surface area contributed by atoms with Crippen LogP contribution in [0.2, 0.25) is 0 Å². The Morgan fingerprint density at radius 1 is 1.32 bits per heavy atom. The van der Waals surface area contributed by atoms with Gasteiger partial charge in [0, 0.05) is 20.3 Å². The fourth-order valence-corrected chi connectivity index (χ4v) is 2.60. The quantitative estimate of drug-likeness (QED) is 0.391. The third-order valence-electron chi connectivity index (χ3n) is 2.75. The summed E-state index contributed by atoms with van der Waals surface area (Å²) >= 11 is 1.63. The Balaban J connectivity index is 1.93. The van der Waals surface area contributed by atoms with Crippen molar-refractivity contribution in [1.82, 2.24) is 9.97 Å². The summed E-state index contributed by atoms with van der Waals surface area (Å²) in [6.07, 6.45) is 3.32. The fraction of sp³-hybridized carbons (Fsp3) is 0.500. The molecule has 0 bridgehead atoms. The van der Waals surface area contributed by atoms with Crippen LogP contribution < -0.4 is 16.6 Å². The van der Waals surface area contributed by atoms with Crippen LogP contribution in [0.1, 0.15) is 19.3 Å². The van der Waals surface area contributed by atoms with Crippen molar-refractivity contribution in [3.8, 4) is 0 Å². The maximum absolute atomic E-state index is 5.37. The highest BCUT2D eigenvalue weighted by Crippen LogP contribution is 2.26. The number of rotatable bonds is 8. The minimum Gasteiger partial charge on any atom is -0.385 e. The molecular formula is C12H19N5OS. The highest BCUT2D eigenvalue weighted by molar-refractivity contribution is 7.17. The van der Waals surface area contributed by atoms with E-state index in [1.54, 1.807) is 18.4 Å². The smallest absolute Gasteiger partial charge is 0.239 e. The first-order valence-corrected chi connectivity index (χ1v) is 7.18. The summed E-state index contributed by atoms with van der Waals surface area (Å²) < 4.78 is 6.09. The van der Waals surface area contributed by atoms with E-state index in [1.807, 2.05) is 11.4 Å². The maximum atomic E-state index is 5.37. The first-order chi connectivity index (χ1) is 9.35. The summed E-state index contributed by atoms with van der Waals surface area (Å²) in [5.41, 5.74) is 3.41. The van der Waals surface area contributed by atoms with Gasteiger partial charge in [0.15, 0.2) is 0 Å². The van der Waals surface area contributed by atoms with Crippen LogP contribution >= 0.6 is 11.3 Å². The van der Waals surface area contributed by atoms with Gasteiger partial charge in [0.05, 0.1) is 10.2 Å². The average Bonchev–Trinajstić information content (AvgIpc) is 2.90. The molecule has 2 aromatic rings. The summed E-state index contributed by atoms with van der Waals surface area (Å²) in [5.74, 6) is 6.66. The molecule has 0 amide bonds. The van der Waals surface area contributed by atoms with Crippen LogP contribution in [-0.2, 0) is 4.74 Å². The van der Waals surface area contributed by atoms with Gasteiger partial charge in [0.25, 0.3) is 0 Å². The Morgan fingerprint density at radius 3 is 3.00 bits per heavy atom. The van der Waals surface area contributed by atoms with E-state index in [1.165, 1.54) is 0 Å². The van der Waals surface area contributed by atoms with Crippen molar-refractivity contribution in [3.05, 3.63) is 11.4 Å². The summed E-state index contributed by atoms with van der Waals surface area (Å²) in [5, 5.41) is 5.35. The minimum absolute atomic E-state index is 0.438. The topological polar surface area (TPSA) is 85.1 Å². The van der Waals surface area contributed by atoms with Crippen molar-refractivity contribution in [2.45, 2.75) is 19.3 Å². The van der Waals surface area contributed by atoms with Crippen molar-refractivity contribution < 1.29 is 4.74 Å². The van der Waals surface area contributed by atoms with Gasteiger partial charge >= 0.3 is 0 Å². The Hall–Kier alpha value is -1.44. The van der Waals surface area contributed by atoms with Gasteiger partial charge in [0.1, 0.15) is 5.82 Å². The van der Waals surface area contributed by atoms with E-state index in [4.69, 9.17) is 10.6 Å². The summed E-state index contributed by atoms with van der Waals surface area (Å²) in [7, 11) is 1.73. The number of nitrogens with one attached hydrogen (secondary N) is 2. The molecule has 2 rings (SSSR count). The van der Waals surface area contributed by atoms with Gasteiger partial charge in [-0.3, -0.25) is 5.43 Å². The van der Waals surface area contributed by atoms with Crippen molar-refractivity contribution in [2.75, 3.05) is 31.0 Å². The van der Waals surface area contributed by atoms with Crippen LogP contribution in [-0.4, -0.2) is 30.2 Å². The fourth-order valence-electron chi connectivity index (χ4n) is 1.80. The molecule has 0 radical (unpaired) electrons. The molecule has 0 fully saturated rings. The minimum atomic E-state index is 0.438. The largest absolute Gasteiger partial charge is 0.385 e. The van der Waals surface area contributed by atoms with E-state index in [9.17, 15) is 0 Å². The first-order valence-electron chi connectivity index (χ1n) is 6.30. The van der Waals surface area contributed by atoms with Crippen LogP contribution in [0.15, 0.2) is 11.4 Å². The van der Waals surface area contributed by atoms with Gasteiger partial charge in [-0.2, -0.15) is 4.98 Å². The van der Waals surface area contributed by atoms with Crippen molar-refractivity contribution in [2.24, 2.45) is 5.84 Å². The second-order valence-electron chi connectivity index (χ2n) is 4.16. The summed E-state index contributed by atoms with van der Waals surface area (Å²) in [6, 6.07) is 1.96. The molecule has 0 aliphatic carbocycles. The Kier molecular flexibility index (Phi) is 5.31. The van der Waals surface area contributed by atoms with Gasteiger partial charge in [-0.05, 0) is 30.7 Å². The van der Waals surface area contributed by atoms with Gasteiger partial charge in [-0.25, -0.2) is 10.8 Å². The number of fused-ring (bicyclic) bond motifs is 1. The second-order valence-corrected chi connectivity index (χ2v) is 5.07. The zero-order valence-electron chi connectivity index (χ0n) is 11.0. The predicted octanol–water partition coefficient (Wildman–Crippen LogP) is 2.21. The van der Waals surface area contributed by atoms with E-state index in [0.717, 1.165) is 48.4 Å². The molecule has 6 nitrogen and oxygen atoms in total. The molecule has 2 heterocycles. The molecular weight excluding hydrogens is 262 g/mol. The number of nitrogens with two attached hydrogens (primary N) is 1. The van der Waals surface area contributed by atoms with Gasteiger partial charge in [-0.1, -0.05) is 0 Å². The van der Waals surface area contributed by atoms with E-state index in [0.29, 0.717) is 5.95 Å². The lowest BCUT2D eigenvalue weighted by molar-refractivity contribution is 0.192. The number of hydrogen-bond acceptors (Lipinski definition) is 7. The van der Waals surface area contributed by atoms with Crippen molar-refractivity contribution >= 4 is 33.3 Å². The Labute approximate surface area is 116 Å². The number of hydrogen-bond donors (Lipinski definition) is 3. The molecule has 19 heavy (non-hydrogen) atoms. The number of nitrogen functional groups attached to an aromatic ring is 1. The molecule has 104 valence electrons. The third-order valence-corrected chi connectivity index (χ3v) is 3.66.